The van der Waals surface area contributed by atoms with Crippen LogP contribution in [0.3, 0.4) is 0 Å². The van der Waals surface area contributed by atoms with Gasteiger partial charge in [-0.2, -0.15) is 5.10 Å². The number of piperidine rings is 1. The van der Waals surface area contributed by atoms with Gasteiger partial charge in [0.15, 0.2) is 0 Å². The minimum atomic E-state index is -0.305. The second-order valence-electron chi connectivity index (χ2n) is 6.80. The number of ether oxygens (including phenoxy) is 1. The number of nitrogens with one attached hydrogen (secondary N) is 2. The molecule has 1 aromatic heterocycles. The van der Waals surface area contributed by atoms with Crippen molar-refractivity contribution in [3.63, 3.8) is 0 Å². The first kappa shape index (κ1) is 19.1. The van der Waals surface area contributed by atoms with E-state index in [2.05, 4.69) is 22.7 Å². The van der Waals surface area contributed by atoms with Crippen molar-refractivity contribution in [1.29, 1.82) is 0 Å². The van der Waals surface area contributed by atoms with Crippen LogP contribution in [0.5, 0.6) is 0 Å². The third kappa shape index (κ3) is 5.65. The van der Waals surface area contributed by atoms with Gasteiger partial charge in [0.2, 0.25) is 0 Å². The van der Waals surface area contributed by atoms with Crippen LogP contribution < -0.4 is 10.6 Å². The third-order valence-electron chi connectivity index (χ3n) is 4.46. The molecule has 1 fully saturated rings. The van der Waals surface area contributed by atoms with Crippen molar-refractivity contribution in [3.05, 3.63) is 17.5 Å². The number of hydrogen-bond acceptors (Lipinski definition) is 4. The molecular formula is C17H29N5O3. The van der Waals surface area contributed by atoms with Crippen LogP contribution in [0.15, 0.2) is 6.07 Å². The van der Waals surface area contributed by atoms with E-state index in [9.17, 15) is 9.59 Å². The average molecular weight is 351 g/mol. The molecule has 8 nitrogen and oxygen atoms in total. The number of carbonyl (C=O) groups is 2. The monoisotopic (exact) mass is 351 g/mol. The summed E-state index contributed by atoms with van der Waals surface area (Å²) >= 11 is 0. The van der Waals surface area contributed by atoms with Crippen LogP contribution in [0.1, 0.15) is 31.2 Å². The predicted octanol–water partition coefficient (Wildman–Crippen LogP) is 1.67. The minimum absolute atomic E-state index is 0.0900. The smallest absolute Gasteiger partial charge is 0.409 e. The van der Waals surface area contributed by atoms with E-state index in [1.54, 1.807) is 4.90 Å². The first-order valence-corrected chi connectivity index (χ1v) is 8.77. The van der Waals surface area contributed by atoms with Crippen LogP contribution >= 0.6 is 0 Å². The van der Waals surface area contributed by atoms with E-state index in [1.807, 2.05) is 24.6 Å². The molecule has 1 aromatic rings. The van der Waals surface area contributed by atoms with Gasteiger partial charge in [-0.15, -0.1) is 0 Å². The van der Waals surface area contributed by atoms with Crippen LogP contribution in [0.2, 0.25) is 0 Å². The van der Waals surface area contributed by atoms with Gasteiger partial charge in [-0.3, -0.25) is 4.68 Å². The molecule has 0 aliphatic carbocycles. The lowest BCUT2D eigenvalue weighted by Gasteiger charge is -2.31. The Morgan fingerprint density at radius 1 is 1.36 bits per heavy atom. The number of rotatable bonds is 5. The molecule has 1 saturated heterocycles. The summed E-state index contributed by atoms with van der Waals surface area (Å²) in [5.41, 5.74) is 2.14. The number of carbonyl (C=O) groups excluding carboxylic acids is 2. The highest BCUT2D eigenvalue weighted by Gasteiger charge is 2.24. The fourth-order valence-corrected chi connectivity index (χ4v) is 3.06. The number of amides is 3. The van der Waals surface area contributed by atoms with E-state index in [4.69, 9.17) is 4.74 Å². The fraction of sp³-hybridized carbons (Fsp3) is 0.706. The molecule has 3 amide bonds. The average Bonchev–Trinajstić information content (AvgIpc) is 2.90. The molecule has 140 valence electrons. The molecule has 0 spiro atoms. The van der Waals surface area contributed by atoms with E-state index in [0.29, 0.717) is 19.6 Å². The lowest BCUT2D eigenvalue weighted by molar-refractivity contribution is 0.110. The van der Waals surface area contributed by atoms with Crippen molar-refractivity contribution in [2.75, 3.05) is 26.7 Å². The van der Waals surface area contributed by atoms with Crippen LogP contribution in [0, 0.1) is 19.8 Å². The summed E-state index contributed by atoms with van der Waals surface area (Å²) in [5.74, 6) is 0.282. The Bertz CT molecular complexity index is 593. The van der Waals surface area contributed by atoms with Gasteiger partial charge in [0.1, 0.15) is 0 Å². The van der Waals surface area contributed by atoms with Gasteiger partial charge in [-0.25, -0.2) is 9.59 Å². The van der Waals surface area contributed by atoms with Gasteiger partial charge in [0.05, 0.1) is 12.8 Å². The summed E-state index contributed by atoms with van der Waals surface area (Å²) in [6.45, 7) is 8.67. The first-order chi connectivity index (χ1) is 11.9. The molecule has 0 bridgehead atoms. The fourth-order valence-electron chi connectivity index (χ4n) is 3.06. The molecule has 0 aromatic carbocycles. The zero-order valence-corrected chi connectivity index (χ0v) is 15.5. The third-order valence-corrected chi connectivity index (χ3v) is 4.46. The quantitative estimate of drug-likeness (QED) is 0.844. The summed E-state index contributed by atoms with van der Waals surface area (Å²) < 4.78 is 6.68. The van der Waals surface area contributed by atoms with Gasteiger partial charge in [-0.1, -0.05) is 6.92 Å². The van der Waals surface area contributed by atoms with Crippen molar-refractivity contribution < 1.29 is 14.3 Å². The summed E-state index contributed by atoms with van der Waals surface area (Å²) in [6, 6.07) is 1.98. The number of nitrogens with zero attached hydrogens (tertiary/aromatic N) is 3. The zero-order chi connectivity index (χ0) is 18.4. The van der Waals surface area contributed by atoms with Gasteiger partial charge in [0, 0.05) is 37.9 Å². The van der Waals surface area contributed by atoms with Crippen molar-refractivity contribution in [2.24, 2.45) is 5.92 Å². The lowest BCUT2D eigenvalue weighted by Crippen LogP contribution is -2.49. The minimum Gasteiger partial charge on any atom is -0.453 e. The number of aryl methyl sites for hydroxylation is 2. The number of likely N-dealkylation sites (tertiary alicyclic amines) is 1. The molecule has 0 saturated carbocycles. The molecule has 0 radical (unpaired) electrons. The standard InChI is InChI=1S/C17H29N5O3/c1-12(11-22-14(3)9-13(2)20-22)10-18-16(23)19-15-5-7-21(8-6-15)17(24)25-4/h9,12,15H,5-8,10-11H2,1-4H3,(H2,18,19,23). The van der Waals surface area contributed by atoms with Crippen LogP contribution in [-0.4, -0.2) is 59.6 Å². The second-order valence-corrected chi connectivity index (χ2v) is 6.80. The van der Waals surface area contributed by atoms with Crippen molar-refractivity contribution in [3.8, 4) is 0 Å². The van der Waals surface area contributed by atoms with E-state index < -0.39 is 0 Å². The Kier molecular flexibility index (Phi) is 6.66. The van der Waals surface area contributed by atoms with Gasteiger partial charge in [-0.05, 0) is 38.7 Å². The predicted molar refractivity (Wildman–Crippen MR) is 94.4 cm³/mol. The highest BCUT2D eigenvalue weighted by molar-refractivity contribution is 5.74. The molecular weight excluding hydrogens is 322 g/mol. The number of urea groups is 1. The maximum atomic E-state index is 12.1. The summed E-state index contributed by atoms with van der Waals surface area (Å²) in [7, 11) is 1.38. The molecule has 25 heavy (non-hydrogen) atoms. The van der Waals surface area contributed by atoms with Crippen LogP contribution in [0.25, 0.3) is 0 Å². The van der Waals surface area contributed by atoms with E-state index in [1.165, 1.54) is 7.11 Å². The maximum Gasteiger partial charge on any atom is 0.409 e. The number of aromatic nitrogens is 2. The largest absolute Gasteiger partial charge is 0.453 e. The molecule has 2 rings (SSSR count). The normalized spacial score (nSPS) is 16.4. The van der Waals surface area contributed by atoms with Crippen molar-refractivity contribution >= 4 is 12.1 Å². The highest BCUT2D eigenvalue weighted by atomic mass is 16.5. The Balaban J connectivity index is 1.67. The molecule has 1 atom stereocenters. The van der Waals surface area contributed by atoms with Gasteiger partial charge < -0.3 is 20.3 Å². The lowest BCUT2D eigenvalue weighted by atomic mass is 10.1. The van der Waals surface area contributed by atoms with Crippen molar-refractivity contribution in [1.82, 2.24) is 25.3 Å². The van der Waals surface area contributed by atoms with E-state index >= 15 is 0 Å². The van der Waals surface area contributed by atoms with Gasteiger partial charge in [0.25, 0.3) is 0 Å². The maximum absolute atomic E-state index is 12.1. The topological polar surface area (TPSA) is 88.5 Å². The van der Waals surface area contributed by atoms with Gasteiger partial charge >= 0.3 is 12.1 Å². The zero-order valence-electron chi connectivity index (χ0n) is 15.5. The Morgan fingerprint density at radius 3 is 2.60 bits per heavy atom. The van der Waals surface area contributed by atoms with Crippen molar-refractivity contribution in [2.45, 2.75) is 46.2 Å². The van der Waals surface area contributed by atoms with E-state index in [0.717, 1.165) is 30.8 Å². The molecule has 2 heterocycles. The number of methoxy groups -OCH3 is 1. The molecule has 8 heteroatoms. The SMILES string of the molecule is COC(=O)N1CCC(NC(=O)NCC(C)Cn2nc(C)cc2C)CC1. The van der Waals surface area contributed by atoms with Crippen LogP contribution in [0.4, 0.5) is 9.59 Å². The molecule has 1 aliphatic rings. The summed E-state index contributed by atoms with van der Waals surface area (Å²) in [5, 5.41) is 10.3. The highest BCUT2D eigenvalue weighted by Crippen LogP contribution is 2.11. The second kappa shape index (κ2) is 8.73. The van der Waals surface area contributed by atoms with E-state index in [-0.39, 0.29) is 24.1 Å². The first-order valence-electron chi connectivity index (χ1n) is 8.77. The Hall–Kier alpha value is -2.25. The Labute approximate surface area is 148 Å². The van der Waals surface area contributed by atoms with Crippen LogP contribution in [-0.2, 0) is 11.3 Å². The Morgan fingerprint density at radius 2 is 2.04 bits per heavy atom. The molecule has 2 N–H and O–H groups in total. The summed E-state index contributed by atoms with van der Waals surface area (Å²) in [6.07, 6.45) is 1.18. The number of hydrogen-bond donors (Lipinski definition) is 2. The molecule has 1 unspecified atom stereocenters. The molecule has 1 aliphatic heterocycles. The summed E-state index contributed by atoms with van der Waals surface area (Å²) in [4.78, 5) is 25.2.